The van der Waals surface area contributed by atoms with Crippen LogP contribution >= 0.6 is 11.6 Å². The van der Waals surface area contributed by atoms with Crippen molar-refractivity contribution in [3.63, 3.8) is 0 Å². The minimum Gasteiger partial charge on any atom is -0.491 e. The standard InChI is InChI=1S/C24H35ClN8O5/c1-24(2,3)38-23(36)30-12-15(34)13-37-16-9-7-14(8-10-16)6-4-5-11-33(22(28)29)21(35)17-19(26)32-20(27)18(25)31-17/h7-10,15,34H,4-6,11-13H2,1-3H3,(H3,28,29)(H,30,36)(H4,26,27,32). The average Bonchev–Trinajstić information content (AvgIpc) is 2.82. The smallest absolute Gasteiger partial charge is 0.407 e. The molecule has 2 amide bonds. The maximum absolute atomic E-state index is 12.8. The molecule has 2 rings (SSSR count). The van der Waals surface area contributed by atoms with Crippen LogP contribution in [0.25, 0.3) is 0 Å². The Morgan fingerprint density at radius 1 is 1.16 bits per heavy atom. The minimum absolute atomic E-state index is 0.00182. The molecule has 0 aliphatic carbocycles. The van der Waals surface area contributed by atoms with Crippen LogP contribution < -0.4 is 27.3 Å². The van der Waals surface area contributed by atoms with Gasteiger partial charge in [0.2, 0.25) is 0 Å². The number of nitrogens with zero attached hydrogens (tertiary/aromatic N) is 3. The van der Waals surface area contributed by atoms with E-state index in [9.17, 15) is 14.7 Å². The number of alkyl carbamates (subject to hydrolysis) is 1. The Labute approximate surface area is 226 Å². The molecule has 0 bridgehead atoms. The number of aliphatic hydroxyl groups is 1. The number of unbranched alkanes of at least 4 members (excludes halogenated alkanes) is 1. The number of hydrogen-bond donors (Lipinski definition) is 6. The molecule has 0 aliphatic heterocycles. The first-order valence-corrected chi connectivity index (χ1v) is 12.3. The van der Waals surface area contributed by atoms with Crippen LogP contribution in [-0.2, 0) is 11.2 Å². The Balaban J connectivity index is 1.77. The van der Waals surface area contributed by atoms with Gasteiger partial charge in [0, 0.05) is 6.54 Å². The lowest BCUT2D eigenvalue weighted by Gasteiger charge is -2.21. The molecule has 208 valence electrons. The second kappa shape index (κ2) is 13.6. The molecule has 1 unspecified atom stereocenters. The zero-order valence-electron chi connectivity index (χ0n) is 21.7. The van der Waals surface area contributed by atoms with Crippen LogP contribution in [0.4, 0.5) is 16.4 Å². The van der Waals surface area contributed by atoms with Crippen molar-refractivity contribution >= 4 is 41.2 Å². The molecule has 1 atom stereocenters. The minimum atomic E-state index is -0.903. The number of guanidine groups is 1. The summed E-state index contributed by atoms with van der Waals surface area (Å²) in [6.07, 6.45) is 0.453. The summed E-state index contributed by atoms with van der Waals surface area (Å²) < 4.78 is 10.7. The number of carbonyl (C=O) groups is 2. The molecular formula is C24H35ClN8O5. The van der Waals surface area contributed by atoms with E-state index in [4.69, 9.17) is 43.7 Å². The number of aryl methyl sites for hydroxylation is 1. The van der Waals surface area contributed by atoms with Gasteiger partial charge < -0.3 is 37.1 Å². The van der Waals surface area contributed by atoms with Crippen LogP contribution in [0.1, 0.15) is 49.7 Å². The van der Waals surface area contributed by atoms with E-state index in [1.54, 1.807) is 32.9 Å². The van der Waals surface area contributed by atoms with Gasteiger partial charge in [0.05, 0.1) is 6.54 Å². The van der Waals surface area contributed by atoms with Gasteiger partial charge in [0.25, 0.3) is 5.91 Å². The number of benzene rings is 1. The van der Waals surface area contributed by atoms with E-state index >= 15 is 0 Å². The molecule has 0 saturated carbocycles. The van der Waals surface area contributed by atoms with Gasteiger partial charge in [-0.2, -0.15) is 0 Å². The third kappa shape index (κ3) is 9.90. The largest absolute Gasteiger partial charge is 0.491 e. The Bertz CT molecular complexity index is 1120. The maximum atomic E-state index is 12.8. The van der Waals surface area contributed by atoms with Crippen LogP contribution in [0.3, 0.4) is 0 Å². The Kier molecular flexibility index (Phi) is 10.9. The lowest BCUT2D eigenvalue weighted by atomic mass is 10.1. The fourth-order valence-electron chi connectivity index (χ4n) is 3.18. The Hall–Kier alpha value is -3.84. The van der Waals surface area contributed by atoms with E-state index in [0.29, 0.717) is 25.0 Å². The summed E-state index contributed by atoms with van der Waals surface area (Å²) >= 11 is 5.85. The van der Waals surface area contributed by atoms with Gasteiger partial charge in [-0.25, -0.2) is 14.8 Å². The van der Waals surface area contributed by atoms with E-state index in [2.05, 4.69) is 15.3 Å². The van der Waals surface area contributed by atoms with E-state index in [1.807, 2.05) is 12.1 Å². The maximum Gasteiger partial charge on any atom is 0.407 e. The van der Waals surface area contributed by atoms with Crippen molar-refractivity contribution in [3.8, 4) is 5.75 Å². The molecule has 38 heavy (non-hydrogen) atoms. The molecule has 0 radical (unpaired) electrons. The SMILES string of the molecule is CC(C)(C)OC(=O)NCC(O)COc1ccc(CCCCN(C(=N)N)C(=O)c2nc(Cl)c(N)nc2N)cc1. The summed E-state index contributed by atoms with van der Waals surface area (Å²) in [5, 5.41) is 20.1. The molecule has 2 aromatic rings. The van der Waals surface area contributed by atoms with Crippen LogP contribution in [0, 0.1) is 5.41 Å². The summed E-state index contributed by atoms with van der Waals surface area (Å²) in [6.45, 7) is 5.43. The third-order valence-corrected chi connectivity index (χ3v) is 5.27. The molecule has 9 N–H and O–H groups in total. The number of halogens is 1. The second-order valence-corrected chi connectivity index (χ2v) is 9.78. The molecule has 1 aromatic carbocycles. The van der Waals surface area contributed by atoms with Crippen molar-refractivity contribution in [1.82, 2.24) is 20.2 Å². The molecular weight excluding hydrogens is 516 g/mol. The quantitative estimate of drug-likeness (QED) is 0.136. The summed E-state index contributed by atoms with van der Waals surface area (Å²) in [5.74, 6) is -0.863. The van der Waals surface area contributed by atoms with Crippen molar-refractivity contribution in [3.05, 3.63) is 40.7 Å². The molecule has 0 spiro atoms. The van der Waals surface area contributed by atoms with E-state index in [0.717, 1.165) is 10.5 Å². The number of rotatable bonds is 11. The van der Waals surface area contributed by atoms with Gasteiger partial charge >= 0.3 is 6.09 Å². The third-order valence-electron chi connectivity index (χ3n) is 4.99. The van der Waals surface area contributed by atoms with Gasteiger partial charge in [0.15, 0.2) is 28.4 Å². The van der Waals surface area contributed by atoms with Crippen LogP contribution in [-0.4, -0.2) is 69.3 Å². The zero-order valence-corrected chi connectivity index (χ0v) is 22.4. The highest BCUT2D eigenvalue weighted by Gasteiger charge is 2.24. The number of carbonyl (C=O) groups excluding carboxylic acids is 2. The Morgan fingerprint density at radius 2 is 1.82 bits per heavy atom. The van der Waals surface area contributed by atoms with Gasteiger partial charge in [-0.15, -0.1) is 0 Å². The summed E-state index contributed by atoms with van der Waals surface area (Å²) in [6, 6.07) is 7.34. The highest BCUT2D eigenvalue weighted by atomic mass is 35.5. The van der Waals surface area contributed by atoms with Crippen molar-refractivity contribution in [1.29, 1.82) is 5.41 Å². The molecule has 14 heteroatoms. The van der Waals surface area contributed by atoms with Gasteiger partial charge in [-0.3, -0.25) is 15.1 Å². The normalized spacial score (nSPS) is 11.9. The summed E-state index contributed by atoms with van der Waals surface area (Å²) in [7, 11) is 0. The molecule has 13 nitrogen and oxygen atoms in total. The van der Waals surface area contributed by atoms with Gasteiger partial charge in [0.1, 0.15) is 24.1 Å². The number of hydrogen-bond acceptors (Lipinski definition) is 10. The lowest BCUT2D eigenvalue weighted by Crippen LogP contribution is -2.42. The molecule has 0 saturated heterocycles. The molecule has 1 heterocycles. The first kappa shape index (κ1) is 30.4. The van der Waals surface area contributed by atoms with Crippen LogP contribution in [0.15, 0.2) is 24.3 Å². The summed E-state index contributed by atoms with van der Waals surface area (Å²) in [4.78, 5) is 33.1. The van der Waals surface area contributed by atoms with Crippen molar-refractivity contribution in [2.75, 3.05) is 31.2 Å². The highest BCUT2D eigenvalue weighted by molar-refractivity contribution is 6.31. The zero-order chi connectivity index (χ0) is 28.5. The predicted molar refractivity (Wildman–Crippen MR) is 144 cm³/mol. The topological polar surface area (TPSA) is 216 Å². The number of nitrogen functional groups attached to an aromatic ring is 2. The highest BCUT2D eigenvalue weighted by Crippen LogP contribution is 2.19. The summed E-state index contributed by atoms with van der Waals surface area (Å²) in [5.41, 5.74) is 17.1. The van der Waals surface area contributed by atoms with Crippen molar-refractivity contribution in [2.24, 2.45) is 5.73 Å². The number of aromatic nitrogens is 2. The van der Waals surface area contributed by atoms with E-state index in [-0.39, 0.29) is 42.2 Å². The average molecular weight is 551 g/mol. The molecule has 0 fully saturated rings. The first-order valence-electron chi connectivity index (χ1n) is 11.9. The van der Waals surface area contributed by atoms with Gasteiger partial charge in [-0.05, 0) is 57.7 Å². The predicted octanol–water partition coefficient (Wildman–Crippen LogP) is 1.92. The van der Waals surface area contributed by atoms with Crippen molar-refractivity contribution < 1.29 is 24.2 Å². The fraction of sp³-hybridized carbons (Fsp3) is 0.458. The monoisotopic (exact) mass is 550 g/mol. The van der Waals surface area contributed by atoms with Crippen molar-refractivity contribution in [2.45, 2.75) is 51.7 Å². The van der Waals surface area contributed by atoms with E-state index in [1.165, 1.54) is 0 Å². The first-order chi connectivity index (χ1) is 17.8. The number of amides is 2. The number of ether oxygens (including phenoxy) is 2. The number of aliphatic hydroxyl groups excluding tert-OH is 1. The van der Waals surface area contributed by atoms with E-state index < -0.39 is 29.7 Å². The number of nitrogens with two attached hydrogens (primary N) is 3. The van der Waals surface area contributed by atoms with Crippen LogP contribution in [0.5, 0.6) is 5.75 Å². The lowest BCUT2D eigenvalue weighted by molar-refractivity contribution is 0.0462. The van der Waals surface area contributed by atoms with Gasteiger partial charge in [-0.1, -0.05) is 23.7 Å². The molecule has 1 aromatic heterocycles. The van der Waals surface area contributed by atoms with Crippen LogP contribution in [0.2, 0.25) is 5.15 Å². The molecule has 0 aliphatic rings. The Morgan fingerprint density at radius 3 is 2.42 bits per heavy atom. The second-order valence-electron chi connectivity index (χ2n) is 9.42. The number of anilines is 2. The fourth-order valence-corrected chi connectivity index (χ4v) is 3.30. The number of nitrogens with one attached hydrogen (secondary N) is 2.